The summed E-state index contributed by atoms with van der Waals surface area (Å²) < 4.78 is 5.75. The Hall–Kier alpha value is -3.31. The molecular weight excluding hydrogens is 390 g/mol. The first kappa shape index (κ1) is 19.0. The highest BCUT2D eigenvalue weighted by Crippen LogP contribution is 2.40. The van der Waals surface area contributed by atoms with E-state index in [1.807, 2.05) is 30.3 Å². The fraction of sp³-hybridized carbons (Fsp3) is 0.130. The maximum Gasteiger partial charge on any atom is 0.296 e. The van der Waals surface area contributed by atoms with E-state index in [1.54, 1.807) is 43.3 Å². The number of furan rings is 1. The van der Waals surface area contributed by atoms with E-state index in [0.717, 1.165) is 5.56 Å². The van der Waals surface area contributed by atoms with Gasteiger partial charge in [-0.25, -0.2) is 0 Å². The molecule has 1 N–H and O–H groups in total. The van der Waals surface area contributed by atoms with E-state index in [4.69, 9.17) is 16.0 Å². The van der Waals surface area contributed by atoms with Gasteiger partial charge in [-0.3, -0.25) is 9.59 Å². The van der Waals surface area contributed by atoms with Crippen LogP contribution in [0.5, 0.6) is 0 Å². The normalized spacial score (nSPS) is 18.4. The van der Waals surface area contributed by atoms with Gasteiger partial charge < -0.3 is 14.4 Å². The number of aliphatic hydroxyl groups excluding tert-OH is 1. The molecule has 1 unspecified atom stereocenters. The fourth-order valence-corrected chi connectivity index (χ4v) is 3.61. The number of hydrogen-bond acceptors (Lipinski definition) is 4. The average molecular weight is 408 g/mol. The number of amides is 1. The van der Waals surface area contributed by atoms with Crippen LogP contribution >= 0.6 is 11.6 Å². The summed E-state index contributed by atoms with van der Waals surface area (Å²) in [6.07, 6.45) is 0. The number of ketones is 1. The SMILES string of the molecule is Cc1ccc(C2C(=C(O)c3ccc(Cl)cc3)C(=O)C(=O)N2Cc2ccccc2)o1. The Labute approximate surface area is 172 Å². The molecule has 2 aromatic carbocycles. The van der Waals surface area contributed by atoms with Crippen molar-refractivity contribution in [3.8, 4) is 0 Å². The molecule has 0 saturated carbocycles. The third kappa shape index (κ3) is 3.57. The Kier molecular flexibility index (Phi) is 4.99. The van der Waals surface area contributed by atoms with Crippen LogP contribution in [-0.4, -0.2) is 21.7 Å². The van der Waals surface area contributed by atoms with Gasteiger partial charge in [-0.2, -0.15) is 0 Å². The lowest BCUT2D eigenvalue weighted by atomic mass is 9.99. The van der Waals surface area contributed by atoms with Crippen LogP contribution in [0.2, 0.25) is 5.02 Å². The van der Waals surface area contributed by atoms with Gasteiger partial charge in [0, 0.05) is 17.1 Å². The molecule has 29 heavy (non-hydrogen) atoms. The molecule has 0 bridgehead atoms. The number of halogens is 1. The smallest absolute Gasteiger partial charge is 0.296 e. The summed E-state index contributed by atoms with van der Waals surface area (Å²) in [5.41, 5.74) is 1.28. The number of rotatable bonds is 4. The molecule has 0 radical (unpaired) electrons. The van der Waals surface area contributed by atoms with Crippen LogP contribution in [0, 0.1) is 6.92 Å². The van der Waals surface area contributed by atoms with Crippen LogP contribution in [0.4, 0.5) is 0 Å². The highest BCUT2D eigenvalue weighted by molar-refractivity contribution is 6.46. The number of benzene rings is 2. The van der Waals surface area contributed by atoms with Gasteiger partial charge in [-0.15, -0.1) is 0 Å². The van der Waals surface area contributed by atoms with Crippen molar-refractivity contribution in [2.24, 2.45) is 0 Å². The van der Waals surface area contributed by atoms with Crippen LogP contribution < -0.4 is 0 Å². The molecule has 4 rings (SSSR count). The molecule has 1 fully saturated rings. The quantitative estimate of drug-likeness (QED) is 0.381. The Balaban J connectivity index is 1.84. The number of hydrogen-bond donors (Lipinski definition) is 1. The highest BCUT2D eigenvalue weighted by Gasteiger charge is 2.47. The molecule has 2 heterocycles. The van der Waals surface area contributed by atoms with Crippen molar-refractivity contribution in [2.45, 2.75) is 19.5 Å². The summed E-state index contributed by atoms with van der Waals surface area (Å²) in [6, 6.07) is 18.5. The third-order valence-corrected chi connectivity index (χ3v) is 5.14. The zero-order valence-corrected chi connectivity index (χ0v) is 16.4. The average Bonchev–Trinajstić information content (AvgIpc) is 3.25. The van der Waals surface area contributed by atoms with Gasteiger partial charge in [-0.1, -0.05) is 41.9 Å². The van der Waals surface area contributed by atoms with Crippen LogP contribution in [0.1, 0.15) is 28.7 Å². The van der Waals surface area contributed by atoms with E-state index in [0.29, 0.717) is 22.1 Å². The molecule has 6 heteroatoms. The van der Waals surface area contributed by atoms with Gasteiger partial charge in [0.25, 0.3) is 11.7 Å². The lowest BCUT2D eigenvalue weighted by Crippen LogP contribution is -2.29. The van der Waals surface area contributed by atoms with Crippen LogP contribution in [0.25, 0.3) is 5.76 Å². The number of aliphatic hydroxyl groups is 1. The zero-order valence-electron chi connectivity index (χ0n) is 15.6. The summed E-state index contributed by atoms with van der Waals surface area (Å²) in [5, 5.41) is 11.4. The van der Waals surface area contributed by atoms with Crippen molar-refractivity contribution in [2.75, 3.05) is 0 Å². The summed E-state index contributed by atoms with van der Waals surface area (Å²) in [5.74, 6) is -0.601. The van der Waals surface area contributed by atoms with Crippen LogP contribution in [0.3, 0.4) is 0 Å². The maximum absolute atomic E-state index is 12.9. The first-order chi connectivity index (χ1) is 14.0. The standard InChI is InChI=1S/C23H18ClNO4/c1-14-7-12-18(29-14)20-19(21(26)16-8-10-17(24)11-9-16)22(27)23(28)25(20)13-15-5-3-2-4-6-15/h2-12,20,26H,13H2,1H3. The van der Waals surface area contributed by atoms with Gasteiger partial charge in [0.1, 0.15) is 23.3 Å². The second kappa shape index (κ2) is 7.60. The van der Waals surface area contributed by atoms with Crippen molar-refractivity contribution >= 4 is 29.1 Å². The summed E-state index contributed by atoms with van der Waals surface area (Å²) in [6.45, 7) is 2.00. The third-order valence-electron chi connectivity index (χ3n) is 4.88. The Morgan fingerprint density at radius 3 is 2.34 bits per heavy atom. The van der Waals surface area contributed by atoms with Crippen LogP contribution in [-0.2, 0) is 16.1 Å². The van der Waals surface area contributed by atoms with Gasteiger partial charge in [0.2, 0.25) is 0 Å². The second-order valence-corrected chi connectivity index (χ2v) is 7.30. The van der Waals surface area contributed by atoms with E-state index in [1.165, 1.54) is 4.90 Å². The Morgan fingerprint density at radius 2 is 1.72 bits per heavy atom. The molecule has 1 saturated heterocycles. The predicted molar refractivity (Wildman–Crippen MR) is 109 cm³/mol. The molecule has 1 aliphatic rings. The minimum Gasteiger partial charge on any atom is -0.507 e. The molecule has 1 atom stereocenters. The fourth-order valence-electron chi connectivity index (χ4n) is 3.48. The minimum atomic E-state index is -0.820. The molecule has 1 aliphatic heterocycles. The van der Waals surface area contributed by atoms with Gasteiger partial charge >= 0.3 is 0 Å². The molecule has 3 aromatic rings. The van der Waals surface area contributed by atoms with Gasteiger partial charge in [0.05, 0.1) is 5.57 Å². The van der Waals surface area contributed by atoms with E-state index in [-0.39, 0.29) is 17.9 Å². The monoisotopic (exact) mass is 407 g/mol. The van der Waals surface area contributed by atoms with E-state index in [2.05, 4.69) is 0 Å². The molecular formula is C23H18ClNO4. The van der Waals surface area contributed by atoms with Crippen molar-refractivity contribution in [1.82, 2.24) is 4.90 Å². The second-order valence-electron chi connectivity index (χ2n) is 6.87. The number of nitrogens with zero attached hydrogens (tertiary/aromatic N) is 1. The van der Waals surface area contributed by atoms with E-state index < -0.39 is 17.7 Å². The van der Waals surface area contributed by atoms with Gasteiger partial charge in [0.15, 0.2) is 0 Å². The van der Waals surface area contributed by atoms with Crippen molar-refractivity contribution in [3.05, 3.63) is 100.0 Å². The van der Waals surface area contributed by atoms with Crippen molar-refractivity contribution < 1.29 is 19.1 Å². The maximum atomic E-state index is 12.9. The lowest BCUT2D eigenvalue weighted by Gasteiger charge is -2.23. The molecule has 146 valence electrons. The number of aryl methyl sites for hydroxylation is 1. The number of carbonyl (C=O) groups is 2. The minimum absolute atomic E-state index is 0.00241. The summed E-state index contributed by atoms with van der Waals surface area (Å²) in [4.78, 5) is 27.2. The summed E-state index contributed by atoms with van der Waals surface area (Å²) in [7, 11) is 0. The molecule has 0 aliphatic carbocycles. The van der Waals surface area contributed by atoms with Gasteiger partial charge in [-0.05, 0) is 48.9 Å². The lowest BCUT2D eigenvalue weighted by molar-refractivity contribution is -0.140. The zero-order chi connectivity index (χ0) is 20.5. The molecule has 0 spiro atoms. The largest absolute Gasteiger partial charge is 0.507 e. The predicted octanol–water partition coefficient (Wildman–Crippen LogP) is 4.86. The van der Waals surface area contributed by atoms with E-state index in [9.17, 15) is 14.7 Å². The first-order valence-corrected chi connectivity index (χ1v) is 9.48. The molecule has 1 amide bonds. The van der Waals surface area contributed by atoms with Crippen molar-refractivity contribution in [1.29, 1.82) is 0 Å². The highest BCUT2D eigenvalue weighted by atomic mass is 35.5. The molecule has 5 nitrogen and oxygen atoms in total. The number of likely N-dealkylation sites (tertiary alicyclic amines) is 1. The Bertz CT molecular complexity index is 1100. The molecule has 1 aromatic heterocycles. The number of carbonyl (C=O) groups excluding carboxylic acids is 2. The van der Waals surface area contributed by atoms with Crippen molar-refractivity contribution in [3.63, 3.8) is 0 Å². The Morgan fingerprint density at radius 1 is 1.03 bits per heavy atom. The topological polar surface area (TPSA) is 70.8 Å². The van der Waals surface area contributed by atoms with E-state index >= 15 is 0 Å². The van der Waals surface area contributed by atoms with Crippen LogP contribution in [0.15, 0.2) is 76.7 Å². The summed E-state index contributed by atoms with van der Waals surface area (Å²) >= 11 is 5.93. The first-order valence-electron chi connectivity index (χ1n) is 9.10. The number of Topliss-reactive ketones (excluding diaryl/α,β-unsaturated/α-hetero) is 1.